The molecule has 5 heteroatoms. The van der Waals surface area contributed by atoms with Gasteiger partial charge in [-0.2, -0.15) is 0 Å². The molecule has 1 atom stereocenters. The number of hydrogen-bond acceptors (Lipinski definition) is 3. The van der Waals surface area contributed by atoms with E-state index in [-0.39, 0.29) is 18.5 Å². The third-order valence-electron chi connectivity index (χ3n) is 2.49. The number of ether oxygens (including phenoxy) is 1. The van der Waals surface area contributed by atoms with Crippen molar-refractivity contribution in [2.75, 3.05) is 7.11 Å². The van der Waals surface area contributed by atoms with Crippen molar-refractivity contribution in [1.82, 2.24) is 5.32 Å². The molecule has 0 aliphatic carbocycles. The molecular weight excluding hydrogens is 254 g/mol. The van der Waals surface area contributed by atoms with Crippen LogP contribution in [0.15, 0.2) is 18.2 Å². The number of hydrogen-bond donors (Lipinski definition) is 2. The van der Waals surface area contributed by atoms with Gasteiger partial charge in [0.15, 0.2) is 0 Å². The highest BCUT2D eigenvalue weighted by atomic mass is 35.5. The molecular formula is C13H18ClNO3. The molecule has 1 unspecified atom stereocenters. The molecule has 0 aromatic heterocycles. The summed E-state index contributed by atoms with van der Waals surface area (Å²) in [6.07, 6.45) is 0.0147. The van der Waals surface area contributed by atoms with Crippen LogP contribution in [0.25, 0.3) is 0 Å². The first-order valence-electron chi connectivity index (χ1n) is 5.75. The Labute approximate surface area is 112 Å². The van der Waals surface area contributed by atoms with E-state index >= 15 is 0 Å². The lowest BCUT2D eigenvalue weighted by Gasteiger charge is -2.20. The number of carboxylic acid groups (broad SMARTS) is 1. The molecule has 1 aromatic rings. The van der Waals surface area contributed by atoms with Gasteiger partial charge in [0.1, 0.15) is 5.75 Å². The summed E-state index contributed by atoms with van der Waals surface area (Å²) in [5, 5.41) is 12.6. The van der Waals surface area contributed by atoms with Gasteiger partial charge >= 0.3 is 5.97 Å². The fraction of sp³-hybridized carbons (Fsp3) is 0.462. The van der Waals surface area contributed by atoms with Crippen LogP contribution in [0.5, 0.6) is 5.75 Å². The van der Waals surface area contributed by atoms with Crippen molar-refractivity contribution >= 4 is 17.6 Å². The van der Waals surface area contributed by atoms with E-state index in [1.54, 1.807) is 19.2 Å². The van der Waals surface area contributed by atoms with E-state index in [2.05, 4.69) is 5.32 Å². The van der Waals surface area contributed by atoms with E-state index in [4.69, 9.17) is 21.4 Å². The van der Waals surface area contributed by atoms with Gasteiger partial charge in [-0.25, -0.2) is 0 Å². The molecule has 0 radical (unpaired) electrons. The second kappa shape index (κ2) is 6.61. The molecule has 100 valence electrons. The van der Waals surface area contributed by atoms with Gasteiger partial charge in [0.05, 0.1) is 18.6 Å². The van der Waals surface area contributed by atoms with Crippen molar-refractivity contribution in [2.24, 2.45) is 0 Å². The van der Waals surface area contributed by atoms with Gasteiger partial charge in [-0.15, -0.1) is 0 Å². The quantitative estimate of drug-likeness (QED) is 0.835. The van der Waals surface area contributed by atoms with Crippen LogP contribution in [0.1, 0.15) is 31.9 Å². The number of carboxylic acids is 1. The SMILES string of the molecule is COc1ccc(C(CC(=O)O)NC(C)C)cc1Cl. The molecule has 0 fully saturated rings. The zero-order valence-electron chi connectivity index (χ0n) is 10.7. The van der Waals surface area contributed by atoms with E-state index in [9.17, 15) is 4.79 Å². The summed E-state index contributed by atoms with van der Waals surface area (Å²) in [5.74, 6) is -0.265. The average molecular weight is 272 g/mol. The highest BCUT2D eigenvalue weighted by molar-refractivity contribution is 6.32. The Kier molecular flexibility index (Phi) is 5.44. The van der Waals surface area contributed by atoms with E-state index in [1.807, 2.05) is 19.9 Å². The standard InChI is InChI=1S/C13H18ClNO3/c1-8(2)15-11(7-13(16)17)9-4-5-12(18-3)10(14)6-9/h4-6,8,11,15H,7H2,1-3H3,(H,16,17). The molecule has 0 amide bonds. The molecule has 1 rings (SSSR count). The third kappa shape index (κ3) is 4.20. The number of benzene rings is 1. The molecule has 4 nitrogen and oxygen atoms in total. The summed E-state index contributed by atoms with van der Waals surface area (Å²) >= 11 is 6.05. The van der Waals surface area contributed by atoms with Crippen LogP contribution < -0.4 is 10.1 Å². The maximum atomic E-state index is 10.9. The molecule has 0 bridgehead atoms. The van der Waals surface area contributed by atoms with Crippen molar-refractivity contribution in [3.8, 4) is 5.75 Å². The number of methoxy groups -OCH3 is 1. The maximum absolute atomic E-state index is 10.9. The molecule has 0 heterocycles. The molecule has 2 N–H and O–H groups in total. The summed E-state index contributed by atoms with van der Waals surface area (Å²) in [4.78, 5) is 10.9. The van der Waals surface area contributed by atoms with Crippen molar-refractivity contribution < 1.29 is 14.6 Å². The molecule has 0 spiro atoms. The topological polar surface area (TPSA) is 58.6 Å². The van der Waals surface area contributed by atoms with Gasteiger partial charge < -0.3 is 15.2 Å². The number of rotatable bonds is 6. The predicted molar refractivity (Wildman–Crippen MR) is 71.3 cm³/mol. The molecule has 0 aliphatic rings. The minimum absolute atomic E-state index is 0.0147. The first-order chi connectivity index (χ1) is 8.43. The lowest BCUT2D eigenvalue weighted by Crippen LogP contribution is -2.29. The van der Waals surface area contributed by atoms with Gasteiger partial charge in [0.25, 0.3) is 0 Å². The van der Waals surface area contributed by atoms with Gasteiger partial charge in [-0.05, 0) is 17.7 Å². The van der Waals surface area contributed by atoms with E-state index in [1.165, 1.54) is 0 Å². The second-order valence-electron chi connectivity index (χ2n) is 4.37. The predicted octanol–water partition coefficient (Wildman–Crippen LogP) is 2.86. The van der Waals surface area contributed by atoms with Crippen molar-refractivity contribution in [3.63, 3.8) is 0 Å². The Balaban J connectivity index is 2.97. The van der Waals surface area contributed by atoms with Gasteiger partial charge in [-0.3, -0.25) is 4.79 Å². The zero-order valence-corrected chi connectivity index (χ0v) is 11.5. The van der Waals surface area contributed by atoms with Crippen LogP contribution in [0.4, 0.5) is 0 Å². The average Bonchev–Trinajstić information content (AvgIpc) is 2.26. The number of aliphatic carboxylic acids is 1. The van der Waals surface area contributed by atoms with Crippen molar-refractivity contribution in [3.05, 3.63) is 28.8 Å². The molecule has 18 heavy (non-hydrogen) atoms. The zero-order chi connectivity index (χ0) is 13.7. The second-order valence-corrected chi connectivity index (χ2v) is 4.77. The molecule has 0 saturated carbocycles. The molecule has 1 aromatic carbocycles. The van der Waals surface area contributed by atoms with Crippen molar-refractivity contribution in [1.29, 1.82) is 0 Å². The Morgan fingerprint density at radius 3 is 2.61 bits per heavy atom. The van der Waals surface area contributed by atoms with Crippen LogP contribution >= 0.6 is 11.6 Å². The minimum atomic E-state index is -0.847. The highest BCUT2D eigenvalue weighted by Gasteiger charge is 2.17. The maximum Gasteiger partial charge on any atom is 0.305 e. The van der Waals surface area contributed by atoms with Crippen LogP contribution in [-0.4, -0.2) is 24.2 Å². The fourth-order valence-electron chi connectivity index (χ4n) is 1.75. The summed E-state index contributed by atoms with van der Waals surface area (Å²) in [5.41, 5.74) is 0.844. The smallest absolute Gasteiger partial charge is 0.305 e. The number of halogens is 1. The Bertz CT molecular complexity index is 421. The minimum Gasteiger partial charge on any atom is -0.495 e. The molecule has 0 aliphatic heterocycles. The van der Waals surface area contributed by atoms with Gasteiger partial charge in [0.2, 0.25) is 0 Å². The van der Waals surface area contributed by atoms with Crippen LogP contribution in [0, 0.1) is 0 Å². The summed E-state index contributed by atoms with van der Waals surface area (Å²) in [6.45, 7) is 3.94. The van der Waals surface area contributed by atoms with Gasteiger partial charge in [-0.1, -0.05) is 31.5 Å². The Morgan fingerprint density at radius 2 is 2.17 bits per heavy atom. The Morgan fingerprint density at radius 1 is 1.50 bits per heavy atom. The lowest BCUT2D eigenvalue weighted by molar-refractivity contribution is -0.137. The van der Waals surface area contributed by atoms with Crippen molar-refractivity contribution in [2.45, 2.75) is 32.4 Å². The van der Waals surface area contributed by atoms with E-state index < -0.39 is 5.97 Å². The number of carbonyl (C=O) groups is 1. The van der Waals surface area contributed by atoms with Crippen LogP contribution in [0.2, 0.25) is 5.02 Å². The summed E-state index contributed by atoms with van der Waals surface area (Å²) in [7, 11) is 1.54. The van der Waals surface area contributed by atoms with Crippen LogP contribution in [-0.2, 0) is 4.79 Å². The Hall–Kier alpha value is -1.26. The summed E-state index contributed by atoms with van der Waals surface area (Å²) < 4.78 is 5.07. The number of nitrogens with one attached hydrogen (secondary N) is 1. The van der Waals surface area contributed by atoms with E-state index in [0.29, 0.717) is 10.8 Å². The first kappa shape index (κ1) is 14.8. The normalized spacial score (nSPS) is 12.5. The monoisotopic (exact) mass is 271 g/mol. The van der Waals surface area contributed by atoms with E-state index in [0.717, 1.165) is 5.56 Å². The van der Waals surface area contributed by atoms with Gasteiger partial charge in [0, 0.05) is 12.1 Å². The third-order valence-corrected chi connectivity index (χ3v) is 2.79. The fourth-order valence-corrected chi connectivity index (χ4v) is 2.02. The summed E-state index contributed by atoms with van der Waals surface area (Å²) in [6, 6.07) is 5.24. The largest absolute Gasteiger partial charge is 0.495 e. The molecule has 0 saturated heterocycles. The lowest BCUT2D eigenvalue weighted by atomic mass is 10.0. The van der Waals surface area contributed by atoms with Crippen LogP contribution in [0.3, 0.4) is 0 Å². The highest BCUT2D eigenvalue weighted by Crippen LogP contribution is 2.28. The first-order valence-corrected chi connectivity index (χ1v) is 6.13.